The van der Waals surface area contributed by atoms with Crippen molar-refractivity contribution in [2.45, 2.75) is 44.1 Å². The minimum atomic E-state index is -0.512. The van der Waals surface area contributed by atoms with E-state index in [4.69, 9.17) is 5.73 Å². The van der Waals surface area contributed by atoms with Gasteiger partial charge in [0.1, 0.15) is 11.4 Å². The second-order valence-corrected chi connectivity index (χ2v) is 6.77. The summed E-state index contributed by atoms with van der Waals surface area (Å²) in [6.45, 7) is 0. The van der Waals surface area contributed by atoms with Gasteiger partial charge in [0, 0.05) is 5.54 Å². The fraction of sp³-hybridized carbons (Fsp3) is 0.714. The first-order valence-corrected chi connectivity index (χ1v) is 6.93. The molecule has 4 bridgehead atoms. The van der Waals surface area contributed by atoms with Crippen molar-refractivity contribution in [1.29, 1.82) is 0 Å². The number of nitrogen functional groups attached to an aromatic ring is 1. The van der Waals surface area contributed by atoms with Crippen molar-refractivity contribution in [1.82, 2.24) is 0 Å². The minimum Gasteiger partial charge on any atom is -0.394 e. The van der Waals surface area contributed by atoms with Crippen LogP contribution in [0.15, 0.2) is 9.59 Å². The summed E-state index contributed by atoms with van der Waals surface area (Å²) in [5, 5.41) is 3.38. The van der Waals surface area contributed by atoms with E-state index in [0.717, 1.165) is 37.0 Å². The molecule has 0 saturated heterocycles. The van der Waals surface area contributed by atoms with Crippen molar-refractivity contribution in [2.75, 3.05) is 11.1 Å². The summed E-state index contributed by atoms with van der Waals surface area (Å²) in [5.74, 6) is 2.45. The Morgan fingerprint density at radius 1 is 0.944 bits per heavy atom. The maximum Gasteiger partial charge on any atom is 0.253 e. The Bertz CT molecular complexity index is 548. The van der Waals surface area contributed by atoms with E-state index in [2.05, 4.69) is 5.32 Å². The predicted molar refractivity (Wildman–Crippen MR) is 70.3 cm³/mol. The molecular formula is C14H18N2O2. The highest BCUT2D eigenvalue weighted by atomic mass is 16.2. The zero-order valence-corrected chi connectivity index (χ0v) is 10.4. The molecule has 0 unspecified atom stereocenters. The third kappa shape index (κ3) is 1.26. The molecule has 96 valence electrons. The lowest BCUT2D eigenvalue weighted by Crippen LogP contribution is -2.56. The smallest absolute Gasteiger partial charge is 0.253 e. The van der Waals surface area contributed by atoms with Gasteiger partial charge < -0.3 is 11.1 Å². The van der Waals surface area contributed by atoms with E-state index >= 15 is 0 Å². The van der Waals surface area contributed by atoms with Crippen molar-refractivity contribution >= 4 is 11.4 Å². The Labute approximate surface area is 105 Å². The van der Waals surface area contributed by atoms with E-state index in [0.29, 0.717) is 5.69 Å². The van der Waals surface area contributed by atoms with Gasteiger partial charge in [-0.05, 0) is 56.3 Å². The first-order valence-electron chi connectivity index (χ1n) is 6.93. The van der Waals surface area contributed by atoms with Crippen LogP contribution in [-0.4, -0.2) is 5.54 Å². The lowest BCUT2D eigenvalue weighted by atomic mass is 9.53. The van der Waals surface area contributed by atoms with Crippen molar-refractivity contribution in [2.24, 2.45) is 17.8 Å². The summed E-state index contributed by atoms with van der Waals surface area (Å²) in [6.07, 6.45) is 7.54. The van der Waals surface area contributed by atoms with Crippen molar-refractivity contribution in [3.8, 4) is 0 Å². The summed E-state index contributed by atoms with van der Waals surface area (Å²) in [6, 6.07) is 0. The number of hydrogen-bond acceptors (Lipinski definition) is 4. The summed E-state index contributed by atoms with van der Waals surface area (Å²) in [4.78, 5) is 22.7. The lowest BCUT2D eigenvalue weighted by Gasteiger charge is -2.57. The second kappa shape index (κ2) is 3.16. The molecule has 3 N–H and O–H groups in total. The van der Waals surface area contributed by atoms with Crippen LogP contribution < -0.4 is 21.9 Å². The first kappa shape index (κ1) is 10.6. The summed E-state index contributed by atoms with van der Waals surface area (Å²) in [5.41, 5.74) is 5.32. The third-order valence-electron chi connectivity index (χ3n) is 5.38. The Morgan fingerprint density at radius 2 is 1.44 bits per heavy atom. The molecule has 4 heteroatoms. The molecule has 0 amide bonds. The van der Waals surface area contributed by atoms with Gasteiger partial charge in [-0.3, -0.25) is 9.59 Å². The zero-order valence-electron chi connectivity index (χ0n) is 10.4. The number of nitrogens with one attached hydrogen (secondary N) is 1. The molecule has 5 rings (SSSR count). The standard InChI is InChI=1S/C14H18N2O2/c15-10-11(13(18)12(10)17)16-14-4-7-1-8(5-14)3-9(2-7)6-14/h7-9,16H,1-6,15H2. The molecule has 4 fully saturated rings. The van der Waals surface area contributed by atoms with Crippen molar-refractivity contribution in [3.63, 3.8) is 0 Å². The lowest BCUT2D eigenvalue weighted by molar-refractivity contribution is 0.0106. The summed E-state index contributed by atoms with van der Waals surface area (Å²) < 4.78 is 0. The van der Waals surface area contributed by atoms with E-state index in [1.807, 2.05) is 0 Å². The molecular weight excluding hydrogens is 228 g/mol. The fourth-order valence-electron chi connectivity index (χ4n) is 5.06. The van der Waals surface area contributed by atoms with Crippen LogP contribution in [-0.2, 0) is 0 Å². The number of hydrogen-bond donors (Lipinski definition) is 2. The molecule has 0 spiro atoms. The highest BCUT2D eigenvalue weighted by Crippen LogP contribution is 2.56. The van der Waals surface area contributed by atoms with Gasteiger partial charge in [0.05, 0.1) is 0 Å². The third-order valence-corrected chi connectivity index (χ3v) is 5.38. The van der Waals surface area contributed by atoms with Gasteiger partial charge in [0.25, 0.3) is 10.9 Å². The molecule has 4 aliphatic rings. The molecule has 0 aromatic heterocycles. The molecule has 0 heterocycles. The van der Waals surface area contributed by atoms with Crippen molar-refractivity contribution in [3.05, 3.63) is 20.4 Å². The second-order valence-electron chi connectivity index (χ2n) is 6.77. The van der Waals surface area contributed by atoms with E-state index in [9.17, 15) is 9.59 Å². The molecule has 0 radical (unpaired) electrons. The van der Waals surface area contributed by atoms with Gasteiger partial charge in [-0.2, -0.15) is 0 Å². The van der Waals surface area contributed by atoms with E-state index in [1.165, 1.54) is 19.3 Å². The highest BCUT2D eigenvalue weighted by molar-refractivity contribution is 5.72. The maximum atomic E-state index is 11.5. The van der Waals surface area contributed by atoms with Crippen LogP contribution in [0.25, 0.3) is 0 Å². The molecule has 18 heavy (non-hydrogen) atoms. The van der Waals surface area contributed by atoms with Crippen LogP contribution in [0.1, 0.15) is 38.5 Å². The molecule has 1 aromatic rings. The SMILES string of the molecule is Nc1c(NC23CC4CC(CC(C4)C2)C3)c(=O)c1=O. The normalized spacial score (nSPS) is 41.4. The molecule has 4 saturated carbocycles. The van der Waals surface area contributed by atoms with E-state index in [-0.39, 0.29) is 11.2 Å². The molecule has 0 aliphatic heterocycles. The number of nitrogens with two attached hydrogens (primary N) is 1. The average molecular weight is 246 g/mol. The quantitative estimate of drug-likeness (QED) is 0.770. The Morgan fingerprint density at radius 3 is 1.89 bits per heavy atom. The van der Waals surface area contributed by atoms with Gasteiger partial charge in [0.15, 0.2) is 0 Å². The largest absolute Gasteiger partial charge is 0.394 e. The first-order chi connectivity index (χ1) is 8.56. The Kier molecular flexibility index (Phi) is 1.86. The van der Waals surface area contributed by atoms with Crippen LogP contribution in [0, 0.1) is 17.8 Å². The summed E-state index contributed by atoms with van der Waals surface area (Å²) >= 11 is 0. The maximum absolute atomic E-state index is 11.5. The van der Waals surface area contributed by atoms with Gasteiger partial charge in [0.2, 0.25) is 0 Å². The van der Waals surface area contributed by atoms with Crippen molar-refractivity contribution < 1.29 is 0 Å². The topological polar surface area (TPSA) is 72.2 Å². The minimum absolute atomic E-state index is 0.0606. The van der Waals surface area contributed by atoms with Gasteiger partial charge >= 0.3 is 0 Å². The Balaban J connectivity index is 1.65. The highest BCUT2D eigenvalue weighted by Gasteiger charge is 2.51. The van der Waals surface area contributed by atoms with Gasteiger partial charge in [-0.25, -0.2) is 0 Å². The fourth-order valence-corrected chi connectivity index (χ4v) is 5.06. The van der Waals surface area contributed by atoms with Crippen LogP contribution >= 0.6 is 0 Å². The molecule has 0 atom stereocenters. The van der Waals surface area contributed by atoms with Gasteiger partial charge in [-0.15, -0.1) is 0 Å². The van der Waals surface area contributed by atoms with Crippen LogP contribution in [0.3, 0.4) is 0 Å². The van der Waals surface area contributed by atoms with E-state index < -0.39 is 10.9 Å². The number of rotatable bonds is 2. The molecule has 4 nitrogen and oxygen atoms in total. The number of anilines is 2. The van der Waals surface area contributed by atoms with Crippen LogP contribution in [0.4, 0.5) is 11.4 Å². The zero-order chi connectivity index (χ0) is 12.5. The molecule has 4 aliphatic carbocycles. The molecule has 1 aromatic carbocycles. The Hall–Kier alpha value is -1.32. The van der Waals surface area contributed by atoms with E-state index in [1.54, 1.807) is 0 Å². The van der Waals surface area contributed by atoms with Gasteiger partial charge in [-0.1, -0.05) is 0 Å². The predicted octanol–water partition coefficient (Wildman–Crippen LogP) is 1.25. The van der Waals surface area contributed by atoms with Crippen LogP contribution in [0.5, 0.6) is 0 Å². The average Bonchev–Trinajstić information content (AvgIpc) is 2.33. The summed E-state index contributed by atoms with van der Waals surface area (Å²) in [7, 11) is 0. The van der Waals surface area contributed by atoms with Crippen LogP contribution in [0.2, 0.25) is 0 Å². The monoisotopic (exact) mass is 246 g/mol.